The number of ether oxygens (including phenoxy) is 2. The highest BCUT2D eigenvalue weighted by Gasteiger charge is 2.48. The molecule has 3 nitrogen and oxygen atoms in total. The minimum atomic E-state index is -0.823. The van der Waals surface area contributed by atoms with Crippen LogP contribution in [0.15, 0.2) is 42.5 Å². The largest absolute Gasteiger partial charge is 0.468 e. The predicted octanol–water partition coefficient (Wildman–Crippen LogP) is 1.68. The maximum Gasteiger partial charge on any atom is 0.322 e. The lowest BCUT2D eigenvalue weighted by atomic mass is 9.77. The quantitative estimate of drug-likeness (QED) is 0.559. The number of carbonyl (C=O) groups is 1. The van der Waals surface area contributed by atoms with Crippen molar-refractivity contribution in [3.63, 3.8) is 0 Å². The van der Waals surface area contributed by atoms with Crippen molar-refractivity contribution in [2.75, 3.05) is 20.3 Å². The van der Waals surface area contributed by atoms with Gasteiger partial charge >= 0.3 is 5.97 Å². The van der Waals surface area contributed by atoms with E-state index in [0.717, 1.165) is 11.1 Å². The van der Waals surface area contributed by atoms with Crippen molar-refractivity contribution in [3.05, 3.63) is 48.0 Å². The molecule has 0 radical (unpaired) electrons. The molecule has 1 atom stereocenters. The standard InChI is InChI=1S/C13H14O3/c1-10-8-16-9-13(10,12(14)15-2)11-6-4-3-5-7-11/h3-7H,1,8-9H2,2H3/t13-/m0/s1. The number of esters is 1. The van der Waals surface area contributed by atoms with Gasteiger partial charge in [-0.25, -0.2) is 0 Å². The molecule has 2 rings (SSSR count). The summed E-state index contributed by atoms with van der Waals surface area (Å²) in [6.45, 7) is 4.64. The monoisotopic (exact) mass is 218 g/mol. The Morgan fingerprint density at radius 3 is 2.62 bits per heavy atom. The minimum Gasteiger partial charge on any atom is -0.468 e. The molecule has 1 heterocycles. The van der Waals surface area contributed by atoms with Gasteiger partial charge in [0, 0.05) is 0 Å². The molecule has 0 saturated carbocycles. The molecular formula is C13H14O3. The van der Waals surface area contributed by atoms with E-state index in [4.69, 9.17) is 9.47 Å². The summed E-state index contributed by atoms with van der Waals surface area (Å²) in [6.07, 6.45) is 0. The third-order valence-electron chi connectivity index (χ3n) is 3.00. The van der Waals surface area contributed by atoms with Gasteiger partial charge in [-0.2, -0.15) is 0 Å². The summed E-state index contributed by atoms with van der Waals surface area (Å²) in [5.74, 6) is -0.304. The molecular weight excluding hydrogens is 204 g/mol. The van der Waals surface area contributed by atoms with E-state index in [1.165, 1.54) is 7.11 Å². The average molecular weight is 218 g/mol. The van der Waals surface area contributed by atoms with Gasteiger partial charge in [0.05, 0.1) is 20.3 Å². The first kappa shape index (κ1) is 10.9. The Morgan fingerprint density at radius 1 is 1.44 bits per heavy atom. The van der Waals surface area contributed by atoms with Gasteiger partial charge in [-0.3, -0.25) is 4.79 Å². The first-order valence-corrected chi connectivity index (χ1v) is 5.12. The molecule has 0 aliphatic carbocycles. The second kappa shape index (κ2) is 4.10. The molecule has 1 aromatic rings. The molecule has 0 N–H and O–H groups in total. The number of rotatable bonds is 2. The predicted molar refractivity (Wildman–Crippen MR) is 60.1 cm³/mol. The molecule has 1 saturated heterocycles. The Bertz CT molecular complexity index is 410. The van der Waals surface area contributed by atoms with E-state index in [0.29, 0.717) is 13.2 Å². The van der Waals surface area contributed by atoms with Crippen LogP contribution in [0, 0.1) is 0 Å². The molecule has 16 heavy (non-hydrogen) atoms. The zero-order valence-electron chi connectivity index (χ0n) is 9.23. The highest BCUT2D eigenvalue weighted by Crippen LogP contribution is 2.37. The SMILES string of the molecule is C=C1COC[C@@]1(C(=O)OC)c1ccccc1. The Kier molecular flexibility index (Phi) is 2.79. The number of methoxy groups -OCH3 is 1. The van der Waals surface area contributed by atoms with E-state index in [1.54, 1.807) is 0 Å². The van der Waals surface area contributed by atoms with Crippen LogP contribution < -0.4 is 0 Å². The summed E-state index contributed by atoms with van der Waals surface area (Å²) in [7, 11) is 1.39. The van der Waals surface area contributed by atoms with Gasteiger partial charge in [-0.15, -0.1) is 0 Å². The molecule has 0 aromatic heterocycles. The summed E-state index contributed by atoms with van der Waals surface area (Å²) < 4.78 is 10.2. The fourth-order valence-electron chi connectivity index (χ4n) is 2.06. The van der Waals surface area contributed by atoms with Gasteiger partial charge in [0.15, 0.2) is 0 Å². The van der Waals surface area contributed by atoms with Crippen molar-refractivity contribution in [3.8, 4) is 0 Å². The zero-order chi connectivity index (χ0) is 11.6. The van der Waals surface area contributed by atoms with E-state index >= 15 is 0 Å². The molecule has 1 aliphatic heterocycles. The van der Waals surface area contributed by atoms with E-state index in [1.807, 2.05) is 30.3 Å². The fourth-order valence-corrected chi connectivity index (χ4v) is 2.06. The van der Waals surface area contributed by atoms with Crippen LogP contribution in [0.3, 0.4) is 0 Å². The van der Waals surface area contributed by atoms with Crippen LogP contribution in [-0.4, -0.2) is 26.3 Å². The number of carbonyl (C=O) groups excluding carboxylic acids is 1. The highest BCUT2D eigenvalue weighted by atomic mass is 16.5. The van der Waals surface area contributed by atoms with Crippen LogP contribution in [0.25, 0.3) is 0 Å². The summed E-state index contributed by atoms with van der Waals surface area (Å²) in [5.41, 5.74) is 0.811. The molecule has 0 unspecified atom stereocenters. The number of hydrogen-bond acceptors (Lipinski definition) is 3. The van der Waals surface area contributed by atoms with Crippen LogP contribution in [0.1, 0.15) is 5.56 Å². The van der Waals surface area contributed by atoms with E-state index in [-0.39, 0.29) is 5.97 Å². The molecule has 1 aliphatic rings. The topological polar surface area (TPSA) is 35.5 Å². The van der Waals surface area contributed by atoms with Crippen LogP contribution in [-0.2, 0) is 19.7 Å². The van der Waals surface area contributed by atoms with Crippen molar-refractivity contribution in [2.24, 2.45) is 0 Å². The molecule has 0 amide bonds. The van der Waals surface area contributed by atoms with Crippen molar-refractivity contribution in [2.45, 2.75) is 5.41 Å². The average Bonchev–Trinajstić information content (AvgIpc) is 2.72. The first-order valence-electron chi connectivity index (χ1n) is 5.12. The molecule has 1 fully saturated rings. The van der Waals surface area contributed by atoms with Gasteiger partial charge in [0.25, 0.3) is 0 Å². The van der Waals surface area contributed by atoms with Crippen molar-refractivity contribution in [1.29, 1.82) is 0 Å². The van der Waals surface area contributed by atoms with Crippen molar-refractivity contribution >= 4 is 5.97 Å². The molecule has 3 heteroatoms. The van der Waals surface area contributed by atoms with Crippen LogP contribution in [0.2, 0.25) is 0 Å². The van der Waals surface area contributed by atoms with Gasteiger partial charge in [-0.05, 0) is 11.1 Å². The maximum absolute atomic E-state index is 12.0. The fraction of sp³-hybridized carbons (Fsp3) is 0.308. The second-order valence-electron chi connectivity index (χ2n) is 3.86. The third kappa shape index (κ3) is 1.44. The summed E-state index contributed by atoms with van der Waals surface area (Å²) in [4.78, 5) is 12.0. The maximum atomic E-state index is 12.0. The lowest BCUT2D eigenvalue weighted by molar-refractivity contribution is -0.146. The van der Waals surface area contributed by atoms with E-state index < -0.39 is 5.41 Å². The lowest BCUT2D eigenvalue weighted by Gasteiger charge is -2.26. The highest BCUT2D eigenvalue weighted by molar-refractivity contribution is 5.88. The van der Waals surface area contributed by atoms with E-state index in [2.05, 4.69) is 6.58 Å². The van der Waals surface area contributed by atoms with Gasteiger partial charge < -0.3 is 9.47 Å². The number of hydrogen-bond donors (Lipinski definition) is 0. The van der Waals surface area contributed by atoms with Gasteiger partial charge in [0.1, 0.15) is 5.41 Å². The Labute approximate surface area is 94.7 Å². The third-order valence-corrected chi connectivity index (χ3v) is 3.00. The second-order valence-corrected chi connectivity index (χ2v) is 3.86. The number of benzene rings is 1. The molecule has 84 valence electrons. The Hall–Kier alpha value is -1.61. The Balaban J connectivity index is 2.51. The van der Waals surface area contributed by atoms with Crippen LogP contribution in [0.4, 0.5) is 0 Å². The summed E-state index contributed by atoms with van der Waals surface area (Å²) in [5, 5.41) is 0. The van der Waals surface area contributed by atoms with E-state index in [9.17, 15) is 4.79 Å². The zero-order valence-corrected chi connectivity index (χ0v) is 9.23. The molecule has 0 spiro atoms. The van der Waals surface area contributed by atoms with Crippen molar-refractivity contribution < 1.29 is 14.3 Å². The minimum absolute atomic E-state index is 0.304. The Morgan fingerprint density at radius 2 is 2.12 bits per heavy atom. The molecule has 1 aromatic carbocycles. The smallest absolute Gasteiger partial charge is 0.322 e. The van der Waals surface area contributed by atoms with Gasteiger partial charge in [-0.1, -0.05) is 36.9 Å². The summed E-state index contributed by atoms with van der Waals surface area (Å²) >= 11 is 0. The molecule has 0 bridgehead atoms. The summed E-state index contributed by atoms with van der Waals surface area (Å²) in [6, 6.07) is 9.50. The first-order chi connectivity index (χ1) is 7.71. The van der Waals surface area contributed by atoms with Gasteiger partial charge in [0.2, 0.25) is 0 Å². The van der Waals surface area contributed by atoms with Crippen LogP contribution >= 0.6 is 0 Å². The van der Waals surface area contributed by atoms with Crippen molar-refractivity contribution in [1.82, 2.24) is 0 Å². The lowest BCUT2D eigenvalue weighted by Crippen LogP contribution is -2.38. The van der Waals surface area contributed by atoms with Crippen LogP contribution in [0.5, 0.6) is 0 Å². The normalized spacial score (nSPS) is 24.4.